The summed E-state index contributed by atoms with van der Waals surface area (Å²) in [5.74, 6) is -4.20. The number of carbonyl (C=O) groups is 3. The van der Waals surface area contributed by atoms with Crippen molar-refractivity contribution < 1.29 is 34.8 Å². The van der Waals surface area contributed by atoms with Crippen molar-refractivity contribution >= 4 is 17.7 Å². The molecule has 0 bridgehead atoms. The van der Waals surface area contributed by atoms with Crippen LogP contribution in [0.25, 0.3) is 0 Å². The minimum absolute atomic E-state index is 0.0675. The lowest BCUT2D eigenvalue weighted by molar-refractivity contribution is -0.159. The van der Waals surface area contributed by atoms with E-state index in [1.165, 1.54) is 12.1 Å². The number of ketones is 1. The van der Waals surface area contributed by atoms with Gasteiger partial charge in [-0.3, -0.25) is 4.79 Å². The van der Waals surface area contributed by atoms with Crippen LogP contribution in [-0.4, -0.2) is 38.1 Å². The van der Waals surface area contributed by atoms with Crippen molar-refractivity contribution in [3.8, 4) is 11.5 Å². The van der Waals surface area contributed by atoms with E-state index in [1.54, 1.807) is 24.3 Å². The molecule has 114 valence electrons. The highest BCUT2D eigenvalue weighted by molar-refractivity contribution is 6.27. The summed E-state index contributed by atoms with van der Waals surface area (Å²) in [5, 5.41) is 33.4. The minimum Gasteiger partial charge on any atom is -0.508 e. The van der Waals surface area contributed by atoms with Crippen LogP contribution in [0.5, 0.6) is 11.5 Å². The highest BCUT2D eigenvalue weighted by atomic mass is 16.4. The highest BCUT2D eigenvalue weighted by Crippen LogP contribution is 2.24. The Morgan fingerprint density at radius 1 is 0.773 bits per heavy atom. The molecule has 0 fully saturated rings. The molecule has 0 aromatic heterocycles. The van der Waals surface area contributed by atoms with Gasteiger partial charge < -0.3 is 20.4 Å². The molecule has 2 aromatic rings. The predicted molar refractivity (Wildman–Crippen MR) is 74.9 cm³/mol. The lowest BCUT2D eigenvalue weighted by Gasteiger charge is -2.04. The first-order valence-electron chi connectivity index (χ1n) is 5.91. The second-order valence-electron chi connectivity index (χ2n) is 4.01. The van der Waals surface area contributed by atoms with Crippen LogP contribution in [0.3, 0.4) is 0 Å². The Hall–Kier alpha value is -3.35. The first kappa shape index (κ1) is 16.7. The number of hydrogen-bond acceptors (Lipinski definition) is 5. The maximum atomic E-state index is 11.9. The van der Waals surface area contributed by atoms with E-state index in [4.69, 9.17) is 24.9 Å². The van der Waals surface area contributed by atoms with Crippen molar-refractivity contribution in [2.24, 2.45) is 0 Å². The van der Waals surface area contributed by atoms with Crippen molar-refractivity contribution in [1.29, 1.82) is 0 Å². The molecule has 0 unspecified atom stereocenters. The fraction of sp³-hybridized carbons (Fsp3) is 0. The normalized spacial score (nSPS) is 9.27. The summed E-state index contributed by atoms with van der Waals surface area (Å²) in [4.78, 5) is 30.1. The Bertz CT molecular complexity index is 680. The molecule has 0 spiro atoms. The number of carbonyl (C=O) groups excluding carboxylic acids is 1. The number of benzene rings is 2. The Kier molecular flexibility index (Phi) is 5.65. The molecule has 2 rings (SSSR count). The molecule has 0 atom stereocenters. The van der Waals surface area contributed by atoms with Crippen molar-refractivity contribution in [2.75, 3.05) is 0 Å². The molecule has 4 N–H and O–H groups in total. The number of hydrogen-bond donors (Lipinski definition) is 4. The zero-order chi connectivity index (χ0) is 16.7. The van der Waals surface area contributed by atoms with Gasteiger partial charge in [0.05, 0.1) is 5.56 Å². The number of carboxylic acids is 2. The summed E-state index contributed by atoms with van der Waals surface area (Å²) in [6.45, 7) is 0. The number of rotatable bonds is 2. The molecular weight excluding hydrogens is 292 g/mol. The fourth-order valence-electron chi connectivity index (χ4n) is 1.46. The van der Waals surface area contributed by atoms with Crippen LogP contribution in [-0.2, 0) is 9.59 Å². The monoisotopic (exact) mass is 304 g/mol. The number of aromatic hydroxyl groups is 2. The highest BCUT2D eigenvalue weighted by Gasteiger charge is 2.13. The fourth-order valence-corrected chi connectivity index (χ4v) is 1.46. The molecule has 0 aliphatic carbocycles. The van der Waals surface area contributed by atoms with Gasteiger partial charge in [-0.1, -0.05) is 30.3 Å². The maximum Gasteiger partial charge on any atom is 0.414 e. The van der Waals surface area contributed by atoms with Crippen LogP contribution in [0, 0.1) is 0 Å². The topological polar surface area (TPSA) is 132 Å². The minimum atomic E-state index is -1.82. The first-order chi connectivity index (χ1) is 10.3. The van der Waals surface area contributed by atoms with E-state index < -0.39 is 11.9 Å². The van der Waals surface area contributed by atoms with Gasteiger partial charge in [-0.05, 0) is 12.1 Å². The van der Waals surface area contributed by atoms with Gasteiger partial charge in [0, 0.05) is 11.6 Å². The van der Waals surface area contributed by atoms with Crippen molar-refractivity contribution in [3.05, 3.63) is 59.7 Å². The van der Waals surface area contributed by atoms with Gasteiger partial charge in [-0.15, -0.1) is 0 Å². The number of aliphatic carboxylic acids is 2. The van der Waals surface area contributed by atoms with Gasteiger partial charge in [-0.2, -0.15) is 0 Å². The third kappa shape index (κ3) is 4.64. The molecule has 2 aromatic carbocycles. The Morgan fingerprint density at radius 3 is 1.77 bits per heavy atom. The lowest BCUT2D eigenvalue weighted by atomic mass is 10.0. The molecule has 0 aliphatic rings. The Balaban J connectivity index is 0.000000346. The standard InChI is InChI=1S/C13H10O3.C2H2O4/c14-10-6-7-11(12(15)8-10)13(16)9-4-2-1-3-5-9;3-1(4)2(5)6/h1-8,14-15H;(H,3,4)(H,5,6). The molecule has 0 radical (unpaired) electrons. The Morgan fingerprint density at radius 2 is 1.32 bits per heavy atom. The second-order valence-corrected chi connectivity index (χ2v) is 4.01. The Labute approximate surface area is 124 Å². The van der Waals surface area contributed by atoms with Gasteiger partial charge in [0.2, 0.25) is 0 Å². The van der Waals surface area contributed by atoms with Crippen LogP contribution >= 0.6 is 0 Å². The van der Waals surface area contributed by atoms with Gasteiger partial charge in [0.25, 0.3) is 0 Å². The summed E-state index contributed by atoms with van der Waals surface area (Å²) >= 11 is 0. The molecule has 0 saturated heterocycles. The molecule has 0 saturated carbocycles. The van der Waals surface area contributed by atoms with Crippen molar-refractivity contribution in [2.45, 2.75) is 0 Å². The molecule has 7 nitrogen and oxygen atoms in total. The first-order valence-corrected chi connectivity index (χ1v) is 5.91. The zero-order valence-corrected chi connectivity index (χ0v) is 11.1. The van der Waals surface area contributed by atoms with Crippen LogP contribution < -0.4 is 0 Å². The van der Waals surface area contributed by atoms with Crippen LogP contribution in [0.15, 0.2) is 48.5 Å². The third-order valence-corrected chi connectivity index (χ3v) is 2.44. The van der Waals surface area contributed by atoms with Crippen LogP contribution in [0.2, 0.25) is 0 Å². The largest absolute Gasteiger partial charge is 0.508 e. The lowest BCUT2D eigenvalue weighted by Crippen LogP contribution is -2.09. The number of phenols is 2. The summed E-state index contributed by atoms with van der Waals surface area (Å²) in [5.41, 5.74) is 0.687. The van der Waals surface area contributed by atoms with E-state index in [1.807, 2.05) is 6.07 Å². The van der Waals surface area contributed by atoms with Crippen molar-refractivity contribution in [3.63, 3.8) is 0 Å². The number of carboxylic acid groups (broad SMARTS) is 2. The summed E-state index contributed by atoms with van der Waals surface area (Å²) in [6, 6.07) is 12.6. The summed E-state index contributed by atoms with van der Waals surface area (Å²) in [7, 11) is 0. The maximum absolute atomic E-state index is 11.9. The quantitative estimate of drug-likeness (QED) is 0.488. The van der Waals surface area contributed by atoms with E-state index >= 15 is 0 Å². The van der Waals surface area contributed by atoms with Gasteiger partial charge in [-0.25, -0.2) is 9.59 Å². The van der Waals surface area contributed by atoms with E-state index in [2.05, 4.69) is 0 Å². The molecule has 0 heterocycles. The predicted octanol–water partition coefficient (Wildman–Crippen LogP) is 1.48. The van der Waals surface area contributed by atoms with E-state index in [-0.39, 0.29) is 22.8 Å². The number of phenolic OH excluding ortho intramolecular Hbond substituents is 2. The average molecular weight is 304 g/mol. The second kappa shape index (κ2) is 7.44. The van der Waals surface area contributed by atoms with Crippen LogP contribution in [0.1, 0.15) is 15.9 Å². The summed E-state index contributed by atoms with van der Waals surface area (Å²) in [6.07, 6.45) is 0. The van der Waals surface area contributed by atoms with Crippen LogP contribution in [0.4, 0.5) is 0 Å². The third-order valence-electron chi connectivity index (χ3n) is 2.44. The van der Waals surface area contributed by atoms with E-state index in [9.17, 15) is 9.90 Å². The zero-order valence-electron chi connectivity index (χ0n) is 11.1. The average Bonchev–Trinajstić information content (AvgIpc) is 2.48. The van der Waals surface area contributed by atoms with Gasteiger partial charge >= 0.3 is 11.9 Å². The molecule has 0 aliphatic heterocycles. The van der Waals surface area contributed by atoms with E-state index in [0.717, 1.165) is 6.07 Å². The summed E-state index contributed by atoms with van der Waals surface area (Å²) < 4.78 is 0. The molecular formula is C15H12O7. The van der Waals surface area contributed by atoms with Gasteiger partial charge in [0.15, 0.2) is 5.78 Å². The smallest absolute Gasteiger partial charge is 0.414 e. The van der Waals surface area contributed by atoms with E-state index in [0.29, 0.717) is 5.56 Å². The van der Waals surface area contributed by atoms with Gasteiger partial charge in [0.1, 0.15) is 11.5 Å². The molecule has 0 amide bonds. The molecule has 7 heteroatoms. The van der Waals surface area contributed by atoms with Crippen molar-refractivity contribution in [1.82, 2.24) is 0 Å². The SMILES string of the molecule is O=C(O)C(=O)O.O=C(c1ccccc1)c1ccc(O)cc1O. The molecule has 22 heavy (non-hydrogen) atoms.